The first-order chi connectivity index (χ1) is 9.38. The SMILES string of the molecule is CC(NC(=O)C(N)C(C)C)c1cc2cc(Cl)ccc2o1.Cl. The van der Waals surface area contributed by atoms with E-state index in [1.54, 1.807) is 6.07 Å². The quantitative estimate of drug-likeness (QED) is 0.898. The third-order valence-corrected chi connectivity index (χ3v) is 3.54. The second-order valence-corrected chi connectivity index (χ2v) is 5.77. The van der Waals surface area contributed by atoms with Gasteiger partial charge < -0.3 is 15.5 Å². The number of carbonyl (C=O) groups is 1. The standard InChI is InChI=1S/C15H19ClN2O2.ClH/c1-8(2)14(17)15(19)18-9(3)13-7-10-6-11(16)4-5-12(10)20-13;/h4-9,14H,17H2,1-3H3,(H,18,19);1H. The molecular formula is C15H20Cl2N2O2. The van der Waals surface area contributed by atoms with E-state index in [4.69, 9.17) is 21.8 Å². The number of fused-ring (bicyclic) bond motifs is 1. The van der Waals surface area contributed by atoms with E-state index in [1.807, 2.05) is 39.0 Å². The van der Waals surface area contributed by atoms with Crippen molar-refractivity contribution in [3.8, 4) is 0 Å². The number of nitrogens with one attached hydrogen (secondary N) is 1. The maximum absolute atomic E-state index is 11.9. The zero-order valence-corrected chi connectivity index (χ0v) is 13.8. The van der Waals surface area contributed by atoms with Gasteiger partial charge in [0.2, 0.25) is 5.91 Å². The lowest BCUT2D eigenvalue weighted by molar-refractivity contribution is -0.124. The van der Waals surface area contributed by atoms with Gasteiger partial charge in [-0.1, -0.05) is 25.4 Å². The van der Waals surface area contributed by atoms with Gasteiger partial charge in [-0.15, -0.1) is 12.4 Å². The molecule has 1 aromatic heterocycles. The lowest BCUT2D eigenvalue weighted by Crippen LogP contribution is -2.44. The molecule has 0 aliphatic rings. The molecule has 21 heavy (non-hydrogen) atoms. The van der Waals surface area contributed by atoms with E-state index >= 15 is 0 Å². The van der Waals surface area contributed by atoms with Crippen LogP contribution in [0.1, 0.15) is 32.6 Å². The molecule has 6 heteroatoms. The molecule has 2 atom stereocenters. The summed E-state index contributed by atoms with van der Waals surface area (Å²) in [4.78, 5) is 11.9. The van der Waals surface area contributed by atoms with E-state index in [-0.39, 0.29) is 30.3 Å². The van der Waals surface area contributed by atoms with E-state index < -0.39 is 6.04 Å². The lowest BCUT2D eigenvalue weighted by atomic mass is 10.0. The van der Waals surface area contributed by atoms with Crippen molar-refractivity contribution >= 4 is 40.9 Å². The van der Waals surface area contributed by atoms with E-state index in [0.29, 0.717) is 10.8 Å². The first-order valence-electron chi connectivity index (χ1n) is 6.63. The fraction of sp³-hybridized carbons (Fsp3) is 0.400. The Kier molecular flexibility index (Phi) is 6.08. The Morgan fingerprint density at radius 3 is 2.57 bits per heavy atom. The van der Waals surface area contributed by atoms with Crippen LogP contribution in [0.25, 0.3) is 11.0 Å². The Morgan fingerprint density at radius 1 is 1.29 bits per heavy atom. The van der Waals surface area contributed by atoms with Crippen molar-refractivity contribution in [3.63, 3.8) is 0 Å². The smallest absolute Gasteiger partial charge is 0.237 e. The summed E-state index contributed by atoms with van der Waals surface area (Å²) in [5.74, 6) is 0.606. The summed E-state index contributed by atoms with van der Waals surface area (Å²) in [6, 6.07) is 6.55. The van der Waals surface area contributed by atoms with Crippen molar-refractivity contribution in [1.82, 2.24) is 5.32 Å². The summed E-state index contributed by atoms with van der Waals surface area (Å²) in [7, 11) is 0. The van der Waals surface area contributed by atoms with Crippen molar-refractivity contribution in [2.24, 2.45) is 11.7 Å². The topological polar surface area (TPSA) is 68.3 Å². The maximum atomic E-state index is 11.9. The fourth-order valence-corrected chi connectivity index (χ4v) is 2.11. The van der Waals surface area contributed by atoms with Crippen LogP contribution in [-0.2, 0) is 4.79 Å². The zero-order valence-electron chi connectivity index (χ0n) is 12.2. The van der Waals surface area contributed by atoms with Crippen LogP contribution >= 0.6 is 24.0 Å². The predicted molar refractivity (Wildman–Crippen MR) is 87.8 cm³/mol. The number of carbonyl (C=O) groups excluding carboxylic acids is 1. The summed E-state index contributed by atoms with van der Waals surface area (Å²) in [6.45, 7) is 5.69. The number of nitrogens with two attached hydrogens (primary N) is 1. The van der Waals surface area contributed by atoms with Gasteiger partial charge in [0.15, 0.2) is 0 Å². The number of hydrogen-bond acceptors (Lipinski definition) is 3. The second-order valence-electron chi connectivity index (χ2n) is 5.33. The number of benzene rings is 1. The van der Waals surface area contributed by atoms with Crippen molar-refractivity contribution in [3.05, 3.63) is 35.0 Å². The van der Waals surface area contributed by atoms with Crippen molar-refractivity contribution in [2.75, 3.05) is 0 Å². The van der Waals surface area contributed by atoms with Gasteiger partial charge in [0.05, 0.1) is 12.1 Å². The van der Waals surface area contributed by atoms with Crippen LogP contribution in [0.15, 0.2) is 28.7 Å². The molecule has 0 fully saturated rings. The molecule has 2 unspecified atom stereocenters. The van der Waals surface area contributed by atoms with Crippen LogP contribution in [0.4, 0.5) is 0 Å². The number of rotatable bonds is 4. The van der Waals surface area contributed by atoms with Crippen LogP contribution in [0.5, 0.6) is 0 Å². The first-order valence-corrected chi connectivity index (χ1v) is 7.01. The Balaban J connectivity index is 0.00000220. The molecule has 4 nitrogen and oxygen atoms in total. The maximum Gasteiger partial charge on any atom is 0.237 e. The van der Waals surface area contributed by atoms with Gasteiger partial charge in [-0.3, -0.25) is 4.79 Å². The summed E-state index contributed by atoms with van der Waals surface area (Å²) in [5.41, 5.74) is 6.57. The van der Waals surface area contributed by atoms with Gasteiger partial charge in [0.1, 0.15) is 11.3 Å². The van der Waals surface area contributed by atoms with Crippen molar-refractivity contribution < 1.29 is 9.21 Å². The third kappa shape index (κ3) is 4.13. The molecule has 0 aliphatic heterocycles. The van der Waals surface area contributed by atoms with Crippen LogP contribution in [0, 0.1) is 5.92 Å². The molecule has 0 saturated heterocycles. The average molecular weight is 331 g/mol. The molecular weight excluding hydrogens is 311 g/mol. The molecule has 3 N–H and O–H groups in total. The van der Waals surface area contributed by atoms with Gasteiger partial charge in [0, 0.05) is 10.4 Å². The Labute approximate surface area is 135 Å². The number of furan rings is 1. The fourth-order valence-electron chi connectivity index (χ4n) is 1.93. The Morgan fingerprint density at radius 2 is 1.95 bits per heavy atom. The molecule has 1 amide bonds. The van der Waals surface area contributed by atoms with Gasteiger partial charge in [0.25, 0.3) is 0 Å². The van der Waals surface area contributed by atoms with Gasteiger partial charge >= 0.3 is 0 Å². The highest BCUT2D eigenvalue weighted by Crippen LogP contribution is 2.26. The predicted octanol–water partition coefficient (Wildman–Crippen LogP) is 3.67. The molecule has 1 heterocycles. The number of hydrogen-bond donors (Lipinski definition) is 2. The molecule has 0 radical (unpaired) electrons. The van der Waals surface area contributed by atoms with Gasteiger partial charge in [-0.05, 0) is 37.1 Å². The molecule has 0 spiro atoms. The van der Waals surface area contributed by atoms with Crippen LogP contribution in [-0.4, -0.2) is 11.9 Å². The highest BCUT2D eigenvalue weighted by molar-refractivity contribution is 6.31. The normalized spacial score (nSPS) is 13.8. The molecule has 116 valence electrons. The van der Waals surface area contributed by atoms with Gasteiger partial charge in [-0.25, -0.2) is 0 Å². The zero-order chi connectivity index (χ0) is 14.9. The summed E-state index contributed by atoms with van der Waals surface area (Å²) in [6.07, 6.45) is 0. The largest absolute Gasteiger partial charge is 0.459 e. The van der Waals surface area contributed by atoms with Crippen LogP contribution < -0.4 is 11.1 Å². The van der Waals surface area contributed by atoms with Gasteiger partial charge in [-0.2, -0.15) is 0 Å². The van der Waals surface area contributed by atoms with E-state index in [0.717, 1.165) is 11.0 Å². The second kappa shape index (κ2) is 7.16. The minimum atomic E-state index is -0.517. The number of amides is 1. The Hall–Kier alpha value is -1.23. The molecule has 0 aliphatic carbocycles. The highest BCUT2D eigenvalue weighted by Gasteiger charge is 2.21. The summed E-state index contributed by atoms with van der Waals surface area (Å²) < 4.78 is 5.71. The summed E-state index contributed by atoms with van der Waals surface area (Å²) in [5, 5.41) is 4.44. The van der Waals surface area contributed by atoms with E-state index in [1.165, 1.54) is 0 Å². The molecule has 0 bridgehead atoms. The Bertz CT molecular complexity index is 625. The van der Waals surface area contributed by atoms with Crippen molar-refractivity contribution in [1.29, 1.82) is 0 Å². The van der Waals surface area contributed by atoms with E-state index in [9.17, 15) is 4.79 Å². The molecule has 2 rings (SSSR count). The van der Waals surface area contributed by atoms with Crippen LogP contribution in [0.3, 0.4) is 0 Å². The third-order valence-electron chi connectivity index (χ3n) is 3.30. The highest BCUT2D eigenvalue weighted by atomic mass is 35.5. The average Bonchev–Trinajstić information content (AvgIpc) is 2.80. The molecule has 1 aromatic carbocycles. The summed E-state index contributed by atoms with van der Waals surface area (Å²) >= 11 is 5.94. The molecule has 2 aromatic rings. The minimum Gasteiger partial charge on any atom is -0.459 e. The van der Waals surface area contributed by atoms with Crippen molar-refractivity contribution in [2.45, 2.75) is 32.9 Å². The minimum absolute atomic E-state index is 0. The lowest BCUT2D eigenvalue weighted by Gasteiger charge is -2.18. The van der Waals surface area contributed by atoms with Crippen LogP contribution in [0.2, 0.25) is 5.02 Å². The monoisotopic (exact) mass is 330 g/mol. The molecule has 0 saturated carbocycles. The van der Waals surface area contributed by atoms with E-state index in [2.05, 4.69) is 5.32 Å². The first kappa shape index (κ1) is 17.8. The number of halogens is 2.